The quantitative estimate of drug-likeness (QED) is 0.767. The molecule has 3 heterocycles. The molecular formula is C18H18FN3O3. The van der Waals surface area contributed by atoms with Gasteiger partial charge in [0, 0.05) is 31.4 Å². The second-order valence-electron chi connectivity index (χ2n) is 6.76. The Morgan fingerprint density at radius 3 is 2.56 bits per heavy atom. The van der Waals surface area contributed by atoms with Crippen LogP contribution >= 0.6 is 0 Å². The van der Waals surface area contributed by atoms with Crippen molar-refractivity contribution in [3.05, 3.63) is 52.3 Å². The molecule has 0 aliphatic carbocycles. The Morgan fingerprint density at radius 2 is 1.96 bits per heavy atom. The third-order valence-electron chi connectivity index (χ3n) is 4.73. The molecule has 0 radical (unpaired) electrons. The second-order valence-corrected chi connectivity index (χ2v) is 6.76. The SMILES string of the molecule is O=CCCc1cn(-c2ccc(F)cc2)c(=O)c(N2CC3(COC3)C2)n1. The number of nitrogens with zero attached hydrogens (tertiary/aromatic N) is 3. The summed E-state index contributed by atoms with van der Waals surface area (Å²) in [5.41, 5.74) is 1.16. The number of ether oxygens (including phenoxy) is 1. The molecule has 0 amide bonds. The van der Waals surface area contributed by atoms with E-state index in [2.05, 4.69) is 4.98 Å². The molecule has 7 heteroatoms. The van der Waals surface area contributed by atoms with Gasteiger partial charge in [0.05, 0.1) is 24.3 Å². The van der Waals surface area contributed by atoms with Crippen LogP contribution in [0.1, 0.15) is 12.1 Å². The third-order valence-corrected chi connectivity index (χ3v) is 4.73. The van der Waals surface area contributed by atoms with Gasteiger partial charge in [-0.15, -0.1) is 0 Å². The van der Waals surface area contributed by atoms with Crippen LogP contribution in [-0.2, 0) is 16.0 Å². The van der Waals surface area contributed by atoms with Gasteiger partial charge in [-0.25, -0.2) is 9.37 Å². The van der Waals surface area contributed by atoms with Gasteiger partial charge in [-0.3, -0.25) is 9.36 Å². The zero-order valence-electron chi connectivity index (χ0n) is 13.7. The highest BCUT2D eigenvalue weighted by Gasteiger charge is 2.50. The highest BCUT2D eigenvalue weighted by atomic mass is 19.1. The van der Waals surface area contributed by atoms with Gasteiger partial charge in [0.15, 0.2) is 5.82 Å². The molecule has 25 heavy (non-hydrogen) atoms. The van der Waals surface area contributed by atoms with E-state index < -0.39 is 0 Å². The number of anilines is 1. The molecule has 1 spiro atoms. The first kappa shape index (κ1) is 16.0. The van der Waals surface area contributed by atoms with Crippen LogP contribution in [0.25, 0.3) is 5.69 Å². The van der Waals surface area contributed by atoms with E-state index in [0.29, 0.717) is 30.0 Å². The van der Waals surface area contributed by atoms with Crippen molar-refractivity contribution in [2.75, 3.05) is 31.2 Å². The standard InChI is InChI=1S/C18H18FN3O3/c19-13-3-5-15(6-4-13)22-8-14(2-1-7-23)20-16(17(22)24)21-9-18(10-21)11-25-12-18/h3-8H,1-2,9-12H2. The number of hydrogen-bond donors (Lipinski definition) is 0. The van der Waals surface area contributed by atoms with Gasteiger partial charge in [-0.05, 0) is 30.7 Å². The van der Waals surface area contributed by atoms with E-state index in [4.69, 9.17) is 4.74 Å². The summed E-state index contributed by atoms with van der Waals surface area (Å²) in [5.74, 6) is 0.0205. The second kappa shape index (κ2) is 6.07. The Morgan fingerprint density at radius 1 is 1.24 bits per heavy atom. The number of benzene rings is 1. The average Bonchev–Trinajstić information content (AvgIpc) is 2.53. The third kappa shape index (κ3) is 2.84. The Hall–Kier alpha value is -2.54. The van der Waals surface area contributed by atoms with E-state index in [0.717, 1.165) is 32.6 Å². The van der Waals surface area contributed by atoms with Gasteiger partial charge in [-0.2, -0.15) is 0 Å². The molecule has 130 valence electrons. The summed E-state index contributed by atoms with van der Waals surface area (Å²) in [6.07, 6.45) is 3.26. The van der Waals surface area contributed by atoms with E-state index in [-0.39, 0.29) is 16.8 Å². The Bertz CT molecular complexity index is 851. The molecule has 0 unspecified atom stereocenters. The van der Waals surface area contributed by atoms with Crippen molar-refractivity contribution < 1.29 is 13.9 Å². The maximum Gasteiger partial charge on any atom is 0.298 e. The van der Waals surface area contributed by atoms with Crippen molar-refractivity contribution >= 4 is 12.1 Å². The van der Waals surface area contributed by atoms with Crippen molar-refractivity contribution in [3.63, 3.8) is 0 Å². The lowest BCUT2D eigenvalue weighted by Crippen LogP contribution is -2.67. The molecule has 2 fully saturated rings. The highest BCUT2D eigenvalue weighted by molar-refractivity contribution is 5.50. The molecule has 0 bridgehead atoms. The van der Waals surface area contributed by atoms with Gasteiger partial charge in [0.25, 0.3) is 5.56 Å². The first-order valence-corrected chi connectivity index (χ1v) is 8.25. The summed E-state index contributed by atoms with van der Waals surface area (Å²) >= 11 is 0. The van der Waals surface area contributed by atoms with Crippen LogP contribution in [0.2, 0.25) is 0 Å². The number of hydrogen-bond acceptors (Lipinski definition) is 5. The van der Waals surface area contributed by atoms with Crippen molar-refractivity contribution in [1.82, 2.24) is 9.55 Å². The normalized spacial score (nSPS) is 17.9. The molecule has 2 aliphatic heterocycles. The molecule has 6 nitrogen and oxygen atoms in total. The zero-order valence-corrected chi connectivity index (χ0v) is 13.7. The van der Waals surface area contributed by atoms with Gasteiger partial charge in [-0.1, -0.05) is 0 Å². The monoisotopic (exact) mass is 343 g/mol. The maximum atomic E-state index is 13.2. The van der Waals surface area contributed by atoms with Crippen LogP contribution in [0.5, 0.6) is 0 Å². The van der Waals surface area contributed by atoms with E-state index >= 15 is 0 Å². The number of halogens is 1. The number of carbonyl (C=O) groups is 1. The maximum absolute atomic E-state index is 13.2. The van der Waals surface area contributed by atoms with Gasteiger partial charge < -0.3 is 14.4 Å². The zero-order chi connectivity index (χ0) is 17.4. The first-order valence-electron chi connectivity index (χ1n) is 8.25. The fraction of sp³-hybridized carbons (Fsp3) is 0.389. The van der Waals surface area contributed by atoms with Crippen LogP contribution in [-0.4, -0.2) is 42.1 Å². The minimum Gasteiger partial charge on any atom is -0.380 e. The average molecular weight is 343 g/mol. The summed E-state index contributed by atoms with van der Waals surface area (Å²) in [6, 6.07) is 5.75. The summed E-state index contributed by atoms with van der Waals surface area (Å²) in [6.45, 7) is 2.94. The van der Waals surface area contributed by atoms with Crippen molar-refractivity contribution in [1.29, 1.82) is 0 Å². The molecule has 0 N–H and O–H groups in total. The fourth-order valence-corrected chi connectivity index (χ4v) is 3.34. The lowest BCUT2D eigenvalue weighted by molar-refractivity contribution is -0.127. The van der Waals surface area contributed by atoms with Crippen LogP contribution in [0, 0.1) is 11.2 Å². The fourth-order valence-electron chi connectivity index (χ4n) is 3.34. The van der Waals surface area contributed by atoms with Gasteiger partial charge in [0.2, 0.25) is 0 Å². The van der Waals surface area contributed by atoms with Crippen molar-refractivity contribution in [3.8, 4) is 5.69 Å². The molecule has 0 saturated carbocycles. The first-order chi connectivity index (χ1) is 12.1. The number of aldehydes is 1. The lowest BCUT2D eigenvalue weighted by atomic mass is 9.78. The lowest BCUT2D eigenvalue weighted by Gasteiger charge is -2.55. The predicted octanol–water partition coefficient (Wildman–Crippen LogP) is 1.34. The van der Waals surface area contributed by atoms with Crippen LogP contribution < -0.4 is 10.5 Å². The number of carbonyl (C=O) groups excluding carboxylic acids is 1. The minimum atomic E-state index is -0.359. The largest absolute Gasteiger partial charge is 0.380 e. The Labute approximate surface area is 143 Å². The van der Waals surface area contributed by atoms with Gasteiger partial charge >= 0.3 is 0 Å². The van der Waals surface area contributed by atoms with Crippen LogP contribution in [0.4, 0.5) is 10.2 Å². The molecule has 0 atom stereocenters. The Balaban J connectivity index is 1.72. The summed E-state index contributed by atoms with van der Waals surface area (Å²) < 4.78 is 19.9. The van der Waals surface area contributed by atoms with Crippen molar-refractivity contribution in [2.45, 2.75) is 12.8 Å². The number of aromatic nitrogens is 2. The minimum absolute atomic E-state index is 0.160. The number of rotatable bonds is 5. The molecule has 2 saturated heterocycles. The predicted molar refractivity (Wildman–Crippen MR) is 89.6 cm³/mol. The van der Waals surface area contributed by atoms with E-state index in [1.807, 2.05) is 4.90 Å². The van der Waals surface area contributed by atoms with Crippen LogP contribution in [0.15, 0.2) is 35.3 Å². The molecule has 1 aromatic carbocycles. The summed E-state index contributed by atoms with van der Waals surface area (Å²) in [4.78, 5) is 30.0. The topological polar surface area (TPSA) is 64.4 Å². The summed E-state index contributed by atoms with van der Waals surface area (Å²) in [5, 5.41) is 0. The van der Waals surface area contributed by atoms with E-state index in [1.54, 1.807) is 18.3 Å². The Kier molecular flexibility index (Phi) is 3.88. The smallest absolute Gasteiger partial charge is 0.298 e. The van der Waals surface area contributed by atoms with Crippen LogP contribution in [0.3, 0.4) is 0 Å². The molecule has 4 rings (SSSR count). The molecular weight excluding hydrogens is 325 g/mol. The number of aryl methyl sites for hydroxylation is 1. The van der Waals surface area contributed by atoms with Crippen molar-refractivity contribution in [2.24, 2.45) is 5.41 Å². The van der Waals surface area contributed by atoms with E-state index in [9.17, 15) is 14.0 Å². The molecule has 2 aliphatic rings. The van der Waals surface area contributed by atoms with E-state index in [1.165, 1.54) is 16.7 Å². The molecule has 1 aromatic heterocycles. The van der Waals surface area contributed by atoms with Gasteiger partial charge in [0.1, 0.15) is 12.1 Å². The highest BCUT2D eigenvalue weighted by Crippen LogP contribution is 2.38. The molecule has 2 aromatic rings. The summed E-state index contributed by atoms with van der Waals surface area (Å²) in [7, 11) is 0.